The summed E-state index contributed by atoms with van der Waals surface area (Å²) in [6.07, 6.45) is 1.88. The second-order valence-corrected chi connectivity index (χ2v) is 3.48. The van der Waals surface area contributed by atoms with Gasteiger partial charge in [-0.2, -0.15) is 0 Å². The third-order valence-corrected chi connectivity index (χ3v) is 2.42. The highest BCUT2D eigenvalue weighted by Crippen LogP contribution is 1.89. The van der Waals surface area contributed by atoms with Crippen LogP contribution in [0, 0.1) is 0 Å². The third-order valence-electron chi connectivity index (χ3n) is 2.42. The number of aliphatic hydroxyl groups excluding tert-OH is 2. The number of nitrogens with one attached hydrogen (secondary N) is 2. The van der Waals surface area contributed by atoms with Gasteiger partial charge >= 0.3 is 0 Å². The van der Waals surface area contributed by atoms with E-state index in [4.69, 9.17) is 10.2 Å². The lowest BCUT2D eigenvalue weighted by Crippen LogP contribution is -2.40. The van der Waals surface area contributed by atoms with Crippen molar-refractivity contribution in [2.45, 2.75) is 38.8 Å². The van der Waals surface area contributed by atoms with E-state index in [0.717, 1.165) is 25.9 Å². The van der Waals surface area contributed by atoms with Crippen molar-refractivity contribution >= 4 is 24.8 Å². The predicted octanol–water partition coefficient (Wildman–Crippen LogP) is 0.551. The minimum absolute atomic E-state index is 0. The Labute approximate surface area is 111 Å². The summed E-state index contributed by atoms with van der Waals surface area (Å²) < 4.78 is 0. The second-order valence-electron chi connectivity index (χ2n) is 3.48. The van der Waals surface area contributed by atoms with Crippen LogP contribution in [0.25, 0.3) is 0 Å². The van der Waals surface area contributed by atoms with Gasteiger partial charge in [-0.05, 0) is 12.8 Å². The molecule has 16 heavy (non-hydrogen) atoms. The van der Waals surface area contributed by atoms with E-state index in [1.807, 2.05) is 13.8 Å². The lowest BCUT2D eigenvalue weighted by Gasteiger charge is -2.17. The van der Waals surface area contributed by atoms with E-state index in [1.54, 1.807) is 0 Å². The largest absolute Gasteiger partial charge is 0.395 e. The topological polar surface area (TPSA) is 64.5 Å². The molecule has 4 nitrogen and oxygen atoms in total. The Bertz CT molecular complexity index is 109. The second kappa shape index (κ2) is 15.4. The van der Waals surface area contributed by atoms with Gasteiger partial charge in [-0.3, -0.25) is 0 Å². The summed E-state index contributed by atoms with van der Waals surface area (Å²) in [6.45, 7) is 6.13. The van der Waals surface area contributed by atoms with E-state index >= 15 is 0 Å². The molecule has 0 aromatic heterocycles. The van der Waals surface area contributed by atoms with Gasteiger partial charge in [0.05, 0.1) is 13.2 Å². The van der Waals surface area contributed by atoms with Crippen molar-refractivity contribution in [2.75, 3.05) is 26.3 Å². The summed E-state index contributed by atoms with van der Waals surface area (Å²) in [5.74, 6) is 0. The smallest absolute Gasteiger partial charge is 0.0584 e. The minimum atomic E-state index is 0. The molecule has 0 aromatic carbocycles. The quantitative estimate of drug-likeness (QED) is 0.465. The number of halogens is 2. The maximum absolute atomic E-state index is 8.90. The molecule has 102 valence electrons. The minimum Gasteiger partial charge on any atom is -0.395 e. The Morgan fingerprint density at radius 2 is 1.12 bits per heavy atom. The first kappa shape index (κ1) is 21.7. The van der Waals surface area contributed by atoms with E-state index in [9.17, 15) is 0 Å². The van der Waals surface area contributed by atoms with E-state index in [0.29, 0.717) is 0 Å². The van der Waals surface area contributed by atoms with Crippen LogP contribution in [0.15, 0.2) is 0 Å². The molecule has 4 N–H and O–H groups in total. The summed E-state index contributed by atoms with van der Waals surface area (Å²) in [5, 5.41) is 24.3. The first-order valence-corrected chi connectivity index (χ1v) is 5.46. The van der Waals surface area contributed by atoms with Crippen molar-refractivity contribution in [1.82, 2.24) is 10.6 Å². The number of rotatable bonds is 9. The van der Waals surface area contributed by atoms with Crippen LogP contribution < -0.4 is 10.6 Å². The lowest BCUT2D eigenvalue weighted by molar-refractivity contribution is 0.229. The van der Waals surface area contributed by atoms with Crippen LogP contribution in [0.4, 0.5) is 0 Å². The molecule has 0 saturated carbocycles. The van der Waals surface area contributed by atoms with Gasteiger partial charge in [-0.1, -0.05) is 13.8 Å². The molecule has 0 amide bonds. The van der Waals surface area contributed by atoms with Crippen LogP contribution in [0.1, 0.15) is 26.7 Å². The molecular weight excluding hydrogens is 251 g/mol. The van der Waals surface area contributed by atoms with E-state index < -0.39 is 0 Å². The first-order valence-electron chi connectivity index (χ1n) is 5.46. The van der Waals surface area contributed by atoms with Crippen LogP contribution in [0.2, 0.25) is 0 Å². The maximum Gasteiger partial charge on any atom is 0.0584 e. The molecule has 0 aliphatic carbocycles. The van der Waals surface area contributed by atoms with Crippen molar-refractivity contribution in [1.29, 1.82) is 0 Å². The Kier molecular flexibility index (Phi) is 20.9. The summed E-state index contributed by atoms with van der Waals surface area (Å²) in [7, 11) is 0. The third kappa shape index (κ3) is 10.9. The zero-order valence-corrected chi connectivity index (χ0v) is 11.7. The Hall–Kier alpha value is 0.420. The van der Waals surface area contributed by atoms with Crippen molar-refractivity contribution in [3.63, 3.8) is 0 Å². The molecule has 0 aromatic rings. The summed E-state index contributed by atoms with van der Waals surface area (Å²) in [6, 6.07) is 0.400. The van der Waals surface area contributed by atoms with Crippen molar-refractivity contribution < 1.29 is 10.2 Å². The van der Waals surface area contributed by atoms with E-state index in [2.05, 4.69) is 10.6 Å². The van der Waals surface area contributed by atoms with Gasteiger partial charge in [0.2, 0.25) is 0 Å². The molecule has 0 aliphatic rings. The van der Waals surface area contributed by atoms with Crippen molar-refractivity contribution in [2.24, 2.45) is 0 Å². The van der Waals surface area contributed by atoms with Gasteiger partial charge in [-0.25, -0.2) is 0 Å². The lowest BCUT2D eigenvalue weighted by atomic mass is 10.2. The highest BCUT2D eigenvalue weighted by molar-refractivity contribution is 5.85. The van der Waals surface area contributed by atoms with Crippen LogP contribution in [0.3, 0.4) is 0 Å². The standard InChI is InChI=1S/C10H24N2O2.2ClH/c1-3-9(7-13)11-5-6-12-10(4-2)8-14;;/h9-14H,3-8H2,1-2H3;2*1H. The molecule has 0 fully saturated rings. The highest BCUT2D eigenvalue weighted by atomic mass is 35.5. The van der Waals surface area contributed by atoms with E-state index in [-0.39, 0.29) is 50.1 Å². The molecule has 0 aliphatic heterocycles. The maximum atomic E-state index is 8.90. The molecule has 0 spiro atoms. The number of aliphatic hydroxyl groups is 2. The predicted molar refractivity (Wildman–Crippen MR) is 72.8 cm³/mol. The van der Waals surface area contributed by atoms with Gasteiger partial charge < -0.3 is 20.8 Å². The molecule has 0 saturated heterocycles. The Morgan fingerprint density at radius 1 is 0.812 bits per heavy atom. The monoisotopic (exact) mass is 276 g/mol. The fourth-order valence-electron chi connectivity index (χ4n) is 1.23. The number of hydrogen-bond donors (Lipinski definition) is 4. The van der Waals surface area contributed by atoms with Crippen molar-refractivity contribution in [3.8, 4) is 0 Å². The van der Waals surface area contributed by atoms with Crippen LogP contribution >= 0.6 is 24.8 Å². The molecule has 0 radical (unpaired) electrons. The molecular formula is C10H26Cl2N2O2. The zero-order chi connectivity index (χ0) is 10.8. The molecule has 0 bridgehead atoms. The fourth-order valence-corrected chi connectivity index (χ4v) is 1.23. The normalized spacial score (nSPS) is 13.5. The molecule has 0 rings (SSSR count). The Balaban J connectivity index is -0.000000845. The van der Waals surface area contributed by atoms with Gasteiger partial charge in [0.25, 0.3) is 0 Å². The zero-order valence-electron chi connectivity index (χ0n) is 10.1. The molecule has 2 atom stereocenters. The van der Waals surface area contributed by atoms with Crippen molar-refractivity contribution in [3.05, 3.63) is 0 Å². The molecule has 6 heteroatoms. The first-order chi connectivity index (χ1) is 6.78. The van der Waals surface area contributed by atoms with Crippen LogP contribution in [0.5, 0.6) is 0 Å². The fraction of sp³-hybridized carbons (Fsp3) is 1.00. The SMILES string of the molecule is CCC(CO)NCCNC(CC)CO.Cl.Cl. The number of hydrogen-bond acceptors (Lipinski definition) is 4. The average molecular weight is 277 g/mol. The molecule has 2 unspecified atom stereocenters. The van der Waals surface area contributed by atoms with Gasteiger partial charge in [-0.15, -0.1) is 24.8 Å². The molecule has 0 heterocycles. The van der Waals surface area contributed by atoms with Crippen LogP contribution in [-0.2, 0) is 0 Å². The summed E-state index contributed by atoms with van der Waals surface area (Å²) in [4.78, 5) is 0. The van der Waals surface area contributed by atoms with E-state index in [1.165, 1.54) is 0 Å². The summed E-state index contributed by atoms with van der Waals surface area (Å²) >= 11 is 0. The highest BCUT2D eigenvalue weighted by Gasteiger charge is 2.04. The van der Waals surface area contributed by atoms with Gasteiger partial charge in [0, 0.05) is 25.2 Å². The summed E-state index contributed by atoms with van der Waals surface area (Å²) in [5.41, 5.74) is 0. The average Bonchev–Trinajstić information content (AvgIpc) is 2.24. The van der Waals surface area contributed by atoms with Gasteiger partial charge in [0.15, 0.2) is 0 Å². The Morgan fingerprint density at radius 3 is 1.31 bits per heavy atom. The van der Waals surface area contributed by atoms with Crippen LogP contribution in [-0.4, -0.2) is 48.6 Å². The van der Waals surface area contributed by atoms with Gasteiger partial charge in [0.1, 0.15) is 0 Å².